The molecule has 0 aliphatic carbocycles. The molecule has 1 aliphatic rings. The molecule has 0 spiro atoms. The average molecular weight is 337 g/mol. The van der Waals surface area contributed by atoms with Crippen LogP contribution in [0, 0.1) is 0 Å². The number of rotatable bonds is 1. The van der Waals surface area contributed by atoms with E-state index in [0.717, 1.165) is 0 Å². The molecule has 1 aliphatic heterocycles. The molecule has 0 aromatic rings. The third-order valence-electron chi connectivity index (χ3n) is 2.39. The maximum absolute atomic E-state index is 12.4. The second-order valence-electron chi connectivity index (χ2n) is 4.95. The van der Waals surface area contributed by atoms with Crippen molar-refractivity contribution in [3.63, 3.8) is 0 Å². The number of allylic oxidation sites excluding steroid dienone is 1. The molecule has 1 heterocycles. The summed E-state index contributed by atoms with van der Waals surface area (Å²) < 4.78 is 77.3. The number of hydrogen-bond acceptors (Lipinski definition) is 2. The number of carbonyl (C=O) groups is 1. The van der Waals surface area contributed by atoms with E-state index in [1.165, 1.54) is 0 Å². The Bertz CT molecular complexity index is 385. The van der Waals surface area contributed by atoms with Crippen molar-refractivity contribution in [1.82, 2.24) is 0 Å². The van der Waals surface area contributed by atoms with Crippen LogP contribution in [0.3, 0.4) is 0 Å². The van der Waals surface area contributed by atoms with Crippen LogP contribution < -0.4 is 0 Å². The van der Waals surface area contributed by atoms with Gasteiger partial charge in [-0.05, 0) is 0 Å². The standard InChI is InChI=1S/C9H10F6GeO2/c1-16(2,3)4-5(18-7(4)17)6(8(10,11)12)9(13,14)15/h4H,1-3H3. The molecule has 0 aromatic carbocycles. The van der Waals surface area contributed by atoms with E-state index < -0.39 is 47.7 Å². The van der Waals surface area contributed by atoms with Gasteiger partial charge < -0.3 is 0 Å². The molecule has 1 saturated heterocycles. The summed E-state index contributed by atoms with van der Waals surface area (Å²) in [6.45, 7) is 0. The molecule has 0 saturated carbocycles. The van der Waals surface area contributed by atoms with Gasteiger partial charge in [0.25, 0.3) is 0 Å². The summed E-state index contributed by atoms with van der Waals surface area (Å²) >= 11 is -3.07. The van der Waals surface area contributed by atoms with E-state index in [1.807, 2.05) is 0 Å². The molecule has 0 radical (unpaired) electrons. The van der Waals surface area contributed by atoms with Crippen molar-refractivity contribution in [2.75, 3.05) is 0 Å². The van der Waals surface area contributed by atoms with Gasteiger partial charge in [0.15, 0.2) is 0 Å². The van der Waals surface area contributed by atoms with Crippen molar-refractivity contribution in [1.29, 1.82) is 0 Å². The minimum atomic E-state index is -5.58. The summed E-state index contributed by atoms with van der Waals surface area (Å²) in [5, 5.41) is 0. The Labute approximate surface area is 101 Å². The van der Waals surface area contributed by atoms with Crippen LogP contribution >= 0.6 is 0 Å². The zero-order valence-corrected chi connectivity index (χ0v) is 11.8. The van der Waals surface area contributed by atoms with Crippen LogP contribution in [0.15, 0.2) is 11.3 Å². The van der Waals surface area contributed by atoms with Gasteiger partial charge in [-0.3, -0.25) is 0 Å². The monoisotopic (exact) mass is 338 g/mol. The molecule has 0 N–H and O–H groups in total. The molecular weight excluding hydrogens is 327 g/mol. The number of cyclic esters (lactones) is 1. The van der Waals surface area contributed by atoms with Gasteiger partial charge in [0.1, 0.15) is 0 Å². The van der Waals surface area contributed by atoms with Gasteiger partial charge in [0.2, 0.25) is 0 Å². The average Bonchev–Trinajstić information content (AvgIpc) is 1.92. The van der Waals surface area contributed by atoms with Gasteiger partial charge in [-0.2, -0.15) is 0 Å². The fourth-order valence-corrected chi connectivity index (χ4v) is 5.34. The molecule has 18 heavy (non-hydrogen) atoms. The van der Waals surface area contributed by atoms with Gasteiger partial charge in [-0.1, -0.05) is 0 Å². The zero-order valence-electron chi connectivity index (χ0n) is 9.66. The van der Waals surface area contributed by atoms with Gasteiger partial charge >= 0.3 is 101 Å². The normalized spacial score (nSPS) is 21.5. The Morgan fingerprint density at radius 3 is 1.67 bits per heavy atom. The second-order valence-corrected chi connectivity index (χ2v) is 16.1. The number of alkyl halides is 6. The summed E-state index contributed by atoms with van der Waals surface area (Å²) in [7, 11) is 0. The Kier molecular flexibility index (Phi) is 3.57. The van der Waals surface area contributed by atoms with Crippen LogP contribution in [0.2, 0.25) is 22.0 Å². The summed E-state index contributed by atoms with van der Waals surface area (Å²) in [4.78, 5) is 11.1. The Hall–Kier alpha value is -0.667. The topological polar surface area (TPSA) is 26.3 Å². The molecule has 1 atom stereocenters. The molecule has 1 rings (SSSR count). The van der Waals surface area contributed by atoms with E-state index in [9.17, 15) is 31.1 Å². The van der Waals surface area contributed by atoms with E-state index in [-0.39, 0.29) is 0 Å². The fourth-order valence-electron chi connectivity index (χ4n) is 1.66. The molecule has 0 aromatic heterocycles. The first-order valence-corrected chi connectivity index (χ1v) is 12.4. The van der Waals surface area contributed by atoms with Gasteiger partial charge in [-0.25, -0.2) is 0 Å². The third kappa shape index (κ3) is 2.83. The number of esters is 1. The molecular formula is C9H10F6GeO2. The Balaban J connectivity index is 3.37. The van der Waals surface area contributed by atoms with Crippen molar-refractivity contribution in [3.05, 3.63) is 11.3 Å². The van der Waals surface area contributed by atoms with Gasteiger partial charge in [-0.15, -0.1) is 0 Å². The third-order valence-corrected chi connectivity index (χ3v) is 7.07. The summed E-state index contributed by atoms with van der Waals surface area (Å²) in [6, 6.07) is 0. The summed E-state index contributed by atoms with van der Waals surface area (Å²) in [6.07, 6.45) is -11.2. The van der Waals surface area contributed by atoms with E-state index in [2.05, 4.69) is 4.74 Å². The number of halogens is 6. The first-order valence-electron chi connectivity index (χ1n) is 4.86. The van der Waals surface area contributed by atoms with Gasteiger partial charge in [0.05, 0.1) is 0 Å². The van der Waals surface area contributed by atoms with Crippen LogP contribution in [0.4, 0.5) is 26.3 Å². The summed E-state index contributed by atoms with van der Waals surface area (Å²) in [5.74, 6) is 2.40. The SMILES string of the molecule is [CH3][Ge]([CH3])([CH3])[CH]1C(=O)OC1=C(C(F)(F)F)C(F)(F)F. The molecule has 9 heteroatoms. The number of carbonyl (C=O) groups excluding carboxylic acids is 1. The van der Waals surface area contributed by atoms with Crippen LogP contribution in [-0.2, 0) is 9.53 Å². The fraction of sp³-hybridized carbons (Fsp3) is 0.667. The van der Waals surface area contributed by atoms with E-state index >= 15 is 0 Å². The number of hydrogen-bond donors (Lipinski definition) is 0. The van der Waals surface area contributed by atoms with Crippen LogP contribution in [0.5, 0.6) is 0 Å². The van der Waals surface area contributed by atoms with Gasteiger partial charge in [0, 0.05) is 0 Å². The van der Waals surface area contributed by atoms with Crippen LogP contribution in [-0.4, -0.2) is 31.6 Å². The zero-order chi connectivity index (χ0) is 14.5. The van der Waals surface area contributed by atoms with Crippen molar-refractivity contribution in [2.45, 2.75) is 34.4 Å². The Morgan fingerprint density at radius 2 is 1.44 bits per heavy atom. The Morgan fingerprint density at radius 1 is 1.06 bits per heavy atom. The maximum atomic E-state index is 12.4. The molecule has 1 fully saturated rings. The predicted octanol–water partition coefficient (Wildman–Crippen LogP) is 3.63. The van der Waals surface area contributed by atoms with E-state index in [1.54, 1.807) is 17.3 Å². The van der Waals surface area contributed by atoms with Crippen molar-refractivity contribution < 1.29 is 35.9 Å². The number of ether oxygens (including phenoxy) is 1. The van der Waals surface area contributed by atoms with E-state index in [4.69, 9.17) is 0 Å². The van der Waals surface area contributed by atoms with Crippen molar-refractivity contribution in [3.8, 4) is 0 Å². The van der Waals surface area contributed by atoms with E-state index in [0.29, 0.717) is 0 Å². The molecule has 2 nitrogen and oxygen atoms in total. The molecule has 104 valence electrons. The summed E-state index contributed by atoms with van der Waals surface area (Å²) in [5.41, 5.74) is -2.69. The van der Waals surface area contributed by atoms with Crippen LogP contribution in [0.1, 0.15) is 0 Å². The molecule has 0 amide bonds. The van der Waals surface area contributed by atoms with Crippen molar-refractivity contribution in [2.24, 2.45) is 0 Å². The first-order chi connectivity index (χ1) is 7.76. The quantitative estimate of drug-likeness (QED) is 0.415. The minimum absolute atomic E-state index is 0.997. The van der Waals surface area contributed by atoms with Crippen molar-refractivity contribution >= 4 is 19.2 Å². The first kappa shape index (κ1) is 15.4. The molecule has 0 bridgehead atoms. The molecule has 1 unspecified atom stereocenters. The van der Waals surface area contributed by atoms with Crippen LogP contribution in [0.25, 0.3) is 0 Å². The predicted molar refractivity (Wildman–Crippen MR) is 52.3 cm³/mol. The second kappa shape index (κ2) is 4.17.